The van der Waals surface area contributed by atoms with Gasteiger partial charge >= 0.3 is 0 Å². The van der Waals surface area contributed by atoms with Crippen LogP contribution in [-0.2, 0) is 0 Å². The molecule has 0 aliphatic carbocycles. The Labute approximate surface area is 179 Å². The number of primary amides is 1. The van der Waals surface area contributed by atoms with Gasteiger partial charge in [0.1, 0.15) is 5.82 Å². The second kappa shape index (κ2) is 8.17. The maximum absolute atomic E-state index is 14.1. The molecule has 4 aromatic rings. The van der Waals surface area contributed by atoms with Crippen LogP contribution < -0.4 is 16.8 Å². The Morgan fingerprint density at radius 3 is 2.72 bits per heavy atom. The number of H-pyrrole nitrogens is 1. The lowest BCUT2D eigenvalue weighted by Crippen LogP contribution is -2.18. The average Bonchev–Trinajstić information content (AvgIpc) is 3.22. The third-order valence-corrected chi connectivity index (χ3v) is 4.92. The molecule has 0 fully saturated rings. The number of fused-ring (bicyclic) bond motifs is 1. The number of nitrogens with two attached hydrogens (primary N) is 2. The normalized spacial score (nSPS) is 11.3. The molecule has 11 heteroatoms. The Balaban J connectivity index is 2.00. The third-order valence-electron chi connectivity index (χ3n) is 4.92. The Morgan fingerprint density at radius 2 is 2.00 bits per heavy atom. The zero-order valence-electron chi connectivity index (χ0n) is 16.8. The molecule has 1 amide bonds. The van der Waals surface area contributed by atoms with E-state index < -0.39 is 24.7 Å². The minimum atomic E-state index is -2.64. The highest BCUT2D eigenvalue weighted by molar-refractivity contribution is 6.04. The van der Waals surface area contributed by atoms with Crippen LogP contribution in [0.2, 0.25) is 0 Å². The van der Waals surface area contributed by atoms with Crippen molar-refractivity contribution in [3.63, 3.8) is 0 Å². The maximum Gasteiger partial charge on any atom is 0.269 e. The van der Waals surface area contributed by atoms with Crippen molar-refractivity contribution in [2.24, 2.45) is 5.73 Å². The number of aromatic amines is 1. The number of nitrogen functional groups attached to an aromatic ring is 1. The van der Waals surface area contributed by atoms with Crippen molar-refractivity contribution in [1.29, 1.82) is 0 Å². The molecule has 0 aliphatic rings. The summed E-state index contributed by atoms with van der Waals surface area (Å²) in [6, 6.07) is 7.13. The summed E-state index contributed by atoms with van der Waals surface area (Å²) in [5, 5.41) is 10.1. The lowest BCUT2D eigenvalue weighted by molar-refractivity contribution is 0.0996. The van der Waals surface area contributed by atoms with Crippen LogP contribution in [0.1, 0.15) is 16.1 Å². The highest BCUT2D eigenvalue weighted by Crippen LogP contribution is 2.37. The molecule has 0 aliphatic heterocycles. The third kappa shape index (κ3) is 3.80. The number of hydrogen-bond donors (Lipinski definition) is 4. The molecule has 0 saturated carbocycles. The van der Waals surface area contributed by atoms with Gasteiger partial charge in [-0.2, -0.15) is 5.10 Å². The summed E-state index contributed by atoms with van der Waals surface area (Å²) in [5.41, 5.74) is 13.9. The van der Waals surface area contributed by atoms with E-state index in [1.807, 2.05) is 19.1 Å². The van der Waals surface area contributed by atoms with Crippen molar-refractivity contribution >= 4 is 28.2 Å². The smallest absolute Gasteiger partial charge is 0.269 e. The number of aromatic nitrogens is 4. The van der Waals surface area contributed by atoms with Gasteiger partial charge in [-0.25, -0.2) is 23.1 Å². The summed E-state index contributed by atoms with van der Waals surface area (Å²) in [7, 11) is 0. The predicted octanol–water partition coefficient (Wildman–Crippen LogP) is 3.49. The van der Waals surface area contributed by atoms with Crippen LogP contribution in [-0.4, -0.2) is 39.0 Å². The minimum absolute atomic E-state index is 0.0588. The van der Waals surface area contributed by atoms with Crippen LogP contribution in [0.4, 0.5) is 24.5 Å². The van der Waals surface area contributed by atoms with Crippen molar-refractivity contribution in [2.75, 3.05) is 17.6 Å². The zero-order valence-corrected chi connectivity index (χ0v) is 16.8. The molecule has 32 heavy (non-hydrogen) atoms. The number of amides is 1. The van der Waals surface area contributed by atoms with Crippen molar-refractivity contribution in [1.82, 2.24) is 20.2 Å². The van der Waals surface area contributed by atoms with Crippen LogP contribution in [0.5, 0.6) is 0 Å². The topological polar surface area (TPSA) is 136 Å². The number of alkyl halides is 2. The molecule has 0 saturated heterocycles. The minimum Gasteiger partial charge on any atom is -0.395 e. The van der Waals surface area contributed by atoms with Gasteiger partial charge in [-0.1, -0.05) is 6.07 Å². The summed E-state index contributed by atoms with van der Waals surface area (Å²) in [6.07, 6.45) is -1.06. The van der Waals surface area contributed by atoms with Gasteiger partial charge in [-0.15, -0.1) is 0 Å². The number of aryl methyl sites for hydroxylation is 1. The number of benzene rings is 2. The van der Waals surface area contributed by atoms with Crippen molar-refractivity contribution in [2.45, 2.75) is 13.3 Å². The van der Waals surface area contributed by atoms with E-state index in [-0.39, 0.29) is 34.2 Å². The van der Waals surface area contributed by atoms with Crippen LogP contribution in [0, 0.1) is 12.7 Å². The molecule has 164 valence electrons. The van der Waals surface area contributed by atoms with Crippen molar-refractivity contribution in [3.8, 4) is 22.6 Å². The van der Waals surface area contributed by atoms with Gasteiger partial charge in [0.05, 0.1) is 29.6 Å². The second-order valence-corrected chi connectivity index (χ2v) is 7.07. The zero-order chi connectivity index (χ0) is 23.0. The fourth-order valence-corrected chi connectivity index (χ4v) is 3.45. The Morgan fingerprint density at radius 1 is 1.22 bits per heavy atom. The molecule has 0 bridgehead atoms. The summed E-state index contributed by atoms with van der Waals surface area (Å²) in [4.78, 5) is 20.7. The first-order chi connectivity index (χ1) is 15.3. The van der Waals surface area contributed by atoms with E-state index in [9.17, 15) is 18.0 Å². The van der Waals surface area contributed by atoms with Crippen LogP contribution in [0.15, 0.2) is 36.5 Å². The van der Waals surface area contributed by atoms with Crippen LogP contribution >= 0.6 is 0 Å². The lowest BCUT2D eigenvalue weighted by Gasteiger charge is -2.16. The Hall–Kier alpha value is -4.15. The molecule has 4 rings (SSSR count). The highest BCUT2D eigenvalue weighted by atomic mass is 19.3. The van der Waals surface area contributed by atoms with Crippen molar-refractivity contribution < 1.29 is 18.0 Å². The number of hydrogen-bond acceptors (Lipinski definition) is 6. The number of halogens is 3. The summed E-state index contributed by atoms with van der Waals surface area (Å²) >= 11 is 0. The molecule has 2 heterocycles. The molecule has 0 radical (unpaired) electrons. The fraction of sp³-hybridized carbons (Fsp3) is 0.143. The van der Waals surface area contributed by atoms with Crippen LogP contribution in [0.3, 0.4) is 0 Å². The number of carbonyl (C=O) groups is 1. The molecule has 0 unspecified atom stereocenters. The molecule has 8 nitrogen and oxygen atoms in total. The second-order valence-electron chi connectivity index (χ2n) is 7.07. The summed E-state index contributed by atoms with van der Waals surface area (Å²) in [6.45, 7) is 1.15. The Kier molecular flexibility index (Phi) is 5.39. The molecule has 0 spiro atoms. The van der Waals surface area contributed by atoms with E-state index in [0.29, 0.717) is 16.5 Å². The van der Waals surface area contributed by atoms with Gasteiger partial charge in [-0.05, 0) is 36.8 Å². The lowest BCUT2D eigenvalue weighted by atomic mass is 9.99. The molecule has 2 aromatic carbocycles. The van der Waals surface area contributed by atoms with E-state index in [0.717, 1.165) is 17.7 Å². The van der Waals surface area contributed by atoms with Crippen LogP contribution in [0.25, 0.3) is 33.5 Å². The monoisotopic (exact) mass is 441 g/mol. The van der Waals surface area contributed by atoms with E-state index >= 15 is 0 Å². The van der Waals surface area contributed by atoms with Gasteiger partial charge in [-0.3, -0.25) is 9.89 Å². The average molecular weight is 441 g/mol. The number of carbonyl (C=O) groups excluding carboxylic acids is 1. The maximum atomic E-state index is 14.1. The number of nitrogens with one attached hydrogen (secondary N) is 2. The molecule has 0 atom stereocenters. The highest BCUT2D eigenvalue weighted by Gasteiger charge is 2.22. The molecule has 6 N–H and O–H groups in total. The van der Waals surface area contributed by atoms with E-state index in [1.54, 1.807) is 6.20 Å². The number of nitrogens with zero attached hydrogens (tertiary/aromatic N) is 3. The fourth-order valence-electron chi connectivity index (χ4n) is 3.45. The van der Waals surface area contributed by atoms with Gasteiger partial charge in [0.25, 0.3) is 12.3 Å². The van der Waals surface area contributed by atoms with E-state index in [2.05, 4.69) is 25.5 Å². The van der Waals surface area contributed by atoms with Gasteiger partial charge < -0.3 is 16.8 Å². The van der Waals surface area contributed by atoms with Gasteiger partial charge in [0, 0.05) is 22.2 Å². The number of anilines is 2. The summed E-state index contributed by atoms with van der Waals surface area (Å²) < 4.78 is 39.6. The number of rotatable bonds is 6. The van der Waals surface area contributed by atoms with Crippen molar-refractivity contribution in [3.05, 3.63) is 53.6 Å². The molecular weight excluding hydrogens is 423 g/mol. The standard InChI is InChI=1S/C21H18F3N7O/c1-9-2-4-14-12(7-28-31-14)16(9)18-17(25)19(20(26)32)30-21(29-18)11-6-10(22)3-5-13(11)27-8-15(23)24/h2-7,15,27H,8,25H2,1H3,(H2,26,32)(H,28,31). The van der Waals surface area contributed by atoms with E-state index in [1.165, 1.54) is 6.07 Å². The molecular formula is C21H18F3N7O. The van der Waals surface area contributed by atoms with E-state index in [4.69, 9.17) is 11.5 Å². The SMILES string of the molecule is Cc1ccc2[nH]ncc2c1-c1nc(-c2cc(F)ccc2NCC(F)F)nc(C(N)=O)c1N. The van der Waals surface area contributed by atoms with Gasteiger partial charge in [0.2, 0.25) is 0 Å². The quantitative estimate of drug-likeness (QED) is 0.362. The first-order valence-electron chi connectivity index (χ1n) is 9.48. The predicted molar refractivity (Wildman–Crippen MR) is 115 cm³/mol. The largest absolute Gasteiger partial charge is 0.395 e. The first-order valence-corrected chi connectivity index (χ1v) is 9.48. The Bertz CT molecular complexity index is 1340. The molecule has 2 aromatic heterocycles. The summed E-state index contributed by atoms with van der Waals surface area (Å²) in [5.74, 6) is -1.65. The first kappa shape index (κ1) is 21.1. The van der Waals surface area contributed by atoms with Gasteiger partial charge in [0.15, 0.2) is 11.5 Å².